The van der Waals surface area contributed by atoms with E-state index in [2.05, 4.69) is 0 Å². The van der Waals surface area contributed by atoms with Gasteiger partial charge in [0.15, 0.2) is 9.84 Å². The number of nitrogens with two attached hydrogens (primary N) is 1. The largest absolute Gasteiger partial charge is 1.00 e. The number of nitrogens with zero attached hydrogens (tertiary/aromatic N) is 1. The van der Waals surface area contributed by atoms with Gasteiger partial charge < -0.3 is 17.0 Å². The van der Waals surface area contributed by atoms with Crippen LogP contribution in [-0.2, 0) is 9.84 Å². The quantitative estimate of drug-likeness (QED) is 0.587. The monoisotopic (exact) mass is 416 g/mol. The Morgan fingerprint density at radius 3 is 2.70 bits per heavy atom. The molecule has 0 saturated carbocycles. The van der Waals surface area contributed by atoms with Gasteiger partial charge in [-0.3, -0.25) is 5.73 Å². The summed E-state index contributed by atoms with van der Waals surface area (Å²) in [6.45, 7) is 0. The van der Waals surface area contributed by atoms with Crippen LogP contribution in [0.2, 0.25) is 10.0 Å². The van der Waals surface area contributed by atoms with Crippen LogP contribution in [0.4, 0.5) is 5.69 Å². The zero-order valence-electron chi connectivity index (χ0n) is 10.1. The van der Waals surface area contributed by atoms with Crippen LogP contribution in [0.3, 0.4) is 0 Å². The summed E-state index contributed by atoms with van der Waals surface area (Å²) in [5.41, 5.74) is 6.69. The zero-order valence-corrected chi connectivity index (χ0v) is 14.8. The molecule has 4 nitrogen and oxygen atoms in total. The zero-order chi connectivity index (χ0) is 13.8. The lowest BCUT2D eigenvalue weighted by molar-refractivity contribution is -0.470. The molecule has 2 atom stereocenters. The fourth-order valence-electron chi connectivity index (χ4n) is 2.50. The van der Waals surface area contributed by atoms with Crippen LogP contribution >= 0.6 is 35.0 Å². The Bertz CT molecular complexity index is 694. The number of benzene rings is 1. The Kier molecular flexibility index (Phi) is 4.67. The van der Waals surface area contributed by atoms with Crippen molar-refractivity contribution in [1.82, 2.24) is 0 Å². The van der Waals surface area contributed by atoms with Gasteiger partial charge in [-0.05, 0) is 23.9 Å². The number of fused-ring (bicyclic) bond motifs is 1. The molecule has 2 aliphatic rings. The lowest BCUT2D eigenvalue weighted by Gasteiger charge is -2.12. The van der Waals surface area contributed by atoms with Gasteiger partial charge in [0.25, 0.3) is 0 Å². The van der Waals surface area contributed by atoms with E-state index in [1.165, 1.54) is 11.8 Å². The number of hydrogen-bond acceptors (Lipinski definition) is 4. The molecule has 2 N–H and O–H groups in total. The molecule has 0 aliphatic carbocycles. The molecule has 2 aliphatic heterocycles. The lowest BCUT2D eigenvalue weighted by atomic mass is 10.2. The summed E-state index contributed by atoms with van der Waals surface area (Å²) in [5.74, 6) is 0.270. The number of rotatable bonds is 1. The van der Waals surface area contributed by atoms with Crippen molar-refractivity contribution in [3.63, 3.8) is 0 Å². The van der Waals surface area contributed by atoms with Crippen molar-refractivity contribution in [2.24, 2.45) is 5.73 Å². The Morgan fingerprint density at radius 2 is 2.00 bits per heavy atom. The Hall–Kier alpha value is 0.0500. The van der Waals surface area contributed by atoms with Gasteiger partial charge in [-0.2, -0.15) is 0 Å². The molecule has 1 aromatic rings. The van der Waals surface area contributed by atoms with Crippen molar-refractivity contribution in [1.29, 1.82) is 0 Å². The molecule has 3 rings (SSSR count). The first-order valence-electron chi connectivity index (χ1n) is 5.62. The third-order valence-corrected chi connectivity index (χ3v) is 7.26. The molecular formula is C11H11BrCl2N2O2S2. The third kappa shape index (κ3) is 2.70. The lowest BCUT2D eigenvalue weighted by Crippen LogP contribution is -3.00. The predicted molar refractivity (Wildman–Crippen MR) is 79.4 cm³/mol. The van der Waals surface area contributed by atoms with Gasteiger partial charge >= 0.3 is 5.17 Å². The van der Waals surface area contributed by atoms with Gasteiger partial charge in [0.05, 0.1) is 21.8 Å². The summed E-state index contributed by atoms with van der Waals surface area (Å²) in [4.78, 5) is 0. The molecule has 110 valence electrons. The van der Waals surface area contributed by atoms with Gasteiger partial charge in [0.1, 0.15) is 16.8 Å². The summed E-state index contributed by atoms with van der Waals surface area (Å²) in [7, 11) is -3.00. The van der Waals surface area contributed by atoms with E-state index in [0.29, 0.717) is 20.9 Å². The van der Waals surface area contributed by atoms with Crippen LogP contribution in [0.25, 0.3) is 0 Å². The first-order chi connectivity index (χ1) is 8.89. The maximum absolute atomic E-state index is 11.7. The second-order valence-electron chi connectivity index (χ2n) is 4.58. The molecule has 0 amide bonds. The number of hydrogen-bond donors (Lipinski definition) is 1. The standard InChI is InChI=1S/C11H10Cl2N2O2S2.BrH/c12-6-2-1-3-7(10(6)13)15-8-4-19(16,17)5-9(8)18-11(15)14;/h1-3,8-9,14H,4-5H2;1H. The summed E-state index contributed by atoms with van der Waals surface area (Å²) in [5, 5.41) is 1.38. The minimum atomic E-state index is -3.00. The molecule has 2 heterocycles. The molecule has 1 saturated heterocycles. The molecule has 2 unspecified atom stereocenters. The number of amidine groups is 1. The number of sulfone groups is 1. The minimum Gasteiger partial charge on any atom is -1.00 e. The van der Waals surface area contributed by atoms with Crippen molar-refractivity contribution in [3.05, 3.63) is 28.2 Å². The smallest absolute Gasteiger partial charge is 0.310 e. The SMILES string of the molecule is NC1=[N+](c2cccc(Cl)c2Cl)C2CS(=O)(=O)CC2S1.[Br-]. The number of thioether (sulfide) groups is 1. The molecule has 0 bridgehead atoms. The van der Waals surface area contributed by atoms with Crippen LogP contribution in [-0.4, -0.2) is 41.0 Å². The van der Waals surface area contributed by atoms with Gasteiger partial charge in [-0.1, -0.05) is 29.3 Å². The fourth-order valence-corrected chi connectivity index (χ4v) is 6.70. The van der Waals surface area contributed by atoms with E-state index >= 15 is 0 Å². The topological polar surface area (TPSA) is 63.2 Å². The summed E-state index contributed by atoms with van der Waals surface area (Å²) < 4.78 is 25.3. The molecule has 9 heteroatoms. The first-order valence-corrected chi connectivity index (χ1v) is 9.07. The maximum atomic E-state index is 11.7. The third-order valence-electron chi connectivity index (χ3n) is 3.30. The first kappa shape index (κ1) is 16.4. The van der Waals surface area contributed by atoms with Crippen molar-refractivity contribution >= 4 is 55.7 Å². The van der Waals surface area contributed by atoms with E-state index in [1.807, 2.05) is 0 Å². The highest BCUT2D eigenvalue weighted by atomic mass is 79.9. The van der Waals surface area contributed by atoms with E-state index in [0.717, 1.165) is 0 Å². The van der Waals surface area contributed by atoms with Crippen molar-refractivity contribution in [3.8, 4) is 0 Å². The van der Waals surface area contributed by atoms with Crippen LogP contribution < -0.4 is 22.7 Å². The maximum Gasteiger partial charge on any atom is 0.310 e. The summed E-state index contributed by atoms with van der Waals surface area (Å²) in [6, 6.07) is 5.11. The van der Waals surface area contributed by atoms with Crippen molar-refractivity contribution in [2.75, 3.05) is 11.5 Å². The highest BCUT2D eigenvalue weighted by molar-refractivity contribution is 8.15. The van der Waals surface area contributed by atoms with Gasteiger partial charge in [-0.25, -0.2) is 13.0 Å². The second-order valence-corrected chi connectivity index (χ2v) is 8.78. The van der Waals surface area contributed by atoms with E-state index in [1.54, 1.807) is 22.8 Å². The molecule has 0 spiro atoms. The highest BCUT2D eigenvalue weighted by Gasteiger charge is 2.50. The summed E-state index contributed by atoms with van der Waals surface area (Å²) in [6.07, 6.45) is 0. The van der Waals surface area contributed by atoms with Crippen LogP contribution in [0.15, 0.2) is 18.2 Å². The second kappa shape index (κ2) is 5.68. The number of halogens is 3. The van der Waals surface area contributed by atoms with E-state index in [4.69, 9.17) is 28.9 Å². The Morgan fingerprint density at radius 1 is 1.30 bits per heavy atom. The summed E-state index contributed by atoms with van der Waals surface area (Å²) >= 11 is 13.6. The van der Waals surface area contributed by atoms with E-state index in [9.17, 15) is 8.42 Å². The average molecular weight is 418 g/mol. The Labute approximate surface area is 142 Å². The van der Waals surface area contributed by atoms with E-state index in [-0.39, 0.29) is 39.8 Å². The fraction of sp³-hybridized carbons (Fsp3) is 0.364. The average Bonchev–Trinajstić information content (AvgIpc) is 2.73. The van der Waals surface area contributed by atoms with Gasteiger partial charge in [0.2, 0.25) is 0 Å². The van der Waals surface area contributed by atoms with Crippen molar-refractivity contribution < 1.29 is 30.0 Å². The normalized spacial score (nSPS) is 27.3. The molecule has 20 heavy (non-hydrogen) atoms. The molecule has 0 aromatic heterocycles. The molecular weight excluding hydrogens is 407 g/mol. The molecule has 1 fully saturated rings. The molecule has 1 aromatic carbocycles. The minimum absolute atomic E-state index is 0. The predicted octanol–water partition coefficient (Wildman–Crippen LogP) is -1.13. The van der Waals surface area contributed by atoms with Crippen LogP contribution in [0.5, 0.6) is 0 Å². The van der Waals surface area contributed by atoms with Crippen LogP contribution in [0, 0.1) is 0 Å². The van der Waals surface area contributed by atoms with Gasteiger partial charge in [0, 0.05) is 0 Å². The highest BCUT2D eigenvalue weighted by Crippen LogP contribution is 2.40. The van der Waals surface area contributed by atoms with Gasteiger partial charge in [-0.15, -0.1) is 0 Å². The van der Waals surface area contributed by atoms with Crippen LogP contribution in [0.1, 0.15) is 0 Å². The molecule has 0 radical (unpaired) electrons. The Balaban J connectivity index is 0.00000147. The van der Waals surface area contributed by atoms with Crippen molar-refractivity contribution in [2.45, 2.75) is 11.3 Å². The van der Waals surface area contributed by atoms with E-state index < -0.39 is 9.84 Å².